The molecule has 0 spiro atoms. The first-order valence-electron chi connectivity index (χ1n) is 5.89. The van der Waals surface area contributed by atoms with Gasteiger partial charge in [0.1, 0.15) is 11.6 Å². The number of nitrogens with zero attached hydrogens (tertiary/aromatic N) is 5. The minimum atomic E-state index is -3.16. The van der Waals surface area contributed by atoms with Crippen molar-refractivity contribution < 1.29 is 8.42 Å². The van der Waals surface area contributed by atoms with E-state index in [2.05, 4.69) is 15.1 Å². The van der Waals surface area contributed by atoms with Gasteiger partial charge in [0, 0.05) is 13.6 Å². The first-order chi connectivity index (χ1) is 8.97. The summed E-state index contributed by atoms with van der Waals surface area (Å²) in [6.07, 6.45) is 2.24. The van der Waals surface area contributed by atoms with E-state index < -0.39 is 10.0 Å². The summed E-state index contributed by atoms with van der Waals surface area (Å²) in [6.45, 7) is 0.669. The van der Waals surface area contributed by atoms with E-state index in [0.717, 1.165) is 0 Å². The van der Waals surface area contributed by atoms with Crippen molar-refractivity contribution in [3.63, 3.8) is 0 Å². The Balaban J connectivity index is 1.99. The number of fused-ring (bicyclic) bond motifs is 1. The van der Waals surface area contributed by atoms with Gasteiger partial charge in [0.25, 0.3) is 0 Å². The highest BCUT2D eigenvalue weighted by atomic mass is 32.2. The second-order valence-corrected chi connectivity index (χ2v) is 6.62. The van der Waals surface area contributed by atoms with Crippen LogP contribution >= 0.6 is 0 Å². The van der Waals surface area contributed by atoms with Crippen LogP contribution in [0.25, 0.3) is 11.0 Å². The molecule has 19 heavy (non-hydrogen) atoms. The molecule has 0 unspecified atom stereocenters. The molecule has 102 valence electrons. The third-order valence-corrected chi connectivity index (χ3v) is 5.09. The van der Waals surface area contributed by atoms with E-state index in [-0.39, 0.29) is 12.3 Å². The molecule has 2 aromatic heterocycles. The van der Waals surface area contributed by atoms with Gasteiger partial charge in [-0.3, -0.25) is 4.68 Å². The lowest BCUT2D eigenvalue weighted by molar-refractivity contribution is 0.430. The Bertz CT molecular complexity index is 738. The van der Waals surface area contributed by atoms with Gasteiger partial charge in [0.15, 0.2) is 5.65 Å². The molecule has 3 heterocycles. The number of rotatable bonds is 2. The van der Waals surface area contributed by atoms with Gasteiger partial charge in [-0.25, -0.2) is 18.4 Å². The van der Waals surface area contributed by atoms with Crippen LogP contribution in [-0.2, 0) is 23.6 Å². The Morgan fingerprint density at radius 3 is 2.89 bits per heavy atom. The van der Waals surface area contributed by atoms with E-state index in [0.29, 0.717) is 35.6 Å². The van der Waals surface area contributed by atoms with Crippen LogP contribution in [0.3, 0.4) is 0 Å². The highest BCUT2D eigenvalue weighted by Crippen LogP contribution is 2.20. The Hall–Kier alpha value is -1.74. The summed E-state index contributed by atoms with van der Waals surface area (Å²) >= 11 is 0. The molecule has 0 aromatic carbocycles. The quantitative estimate of drug-likeness (QED) is 0.794. The van der Waals surface area contributed by atoms with Crippen molar-refractivity contribution in [2.45, 2.75) is 13.0 Å². The Labute approximate surface area is 110 Å². The molecule has 1 aliphatic heterocycles. The summed E-state index contributed by atoms with van der Waals surface area (Å²) in [7, 11) is -1.40. The topological polar surface area (TPSA) is 107 Å². The van der Waals surface area contributed by atoms with Crippen molar-refractivity contribution >= 4 is 26.9 Å². The first-order valence-corrected chi connectivity index (χ1v) is 7.50. The molecule has 0 radical (unpaired) electrons. The van der Waals surface area contributed by atoms with Gasteiger partial charge in [-0.2, -0.15) is 9.40 Å². The molecule has 0 amide bonds. The maximum atomic E-state index is 11.8. The van der Waals surface area contributed by atoms with Gasteiger partial charge in [0.05, 0.1) is 23.9 Å². The van der Waals surface area contributed by atoms with Crippen LogP contribution in [0.4, 0.5) is 5.82 Å². The van der Waals surface area contributed by atoms with Crippen LogP contribution < -0.4 is 5.73 Å². The number of nitrogen functional groups attached to an aromatic ring is 1. The van der Waals surface area contributed by atoms with Crippen molar-refractivity contribution in [3.8, 4) is 0 Å². The number of hydrogen-bond acceptors (Lipinski definition) is 6. The van der Waals surface area contributed by atoms with Gasteiger partial charge in [-0.05, 0) is 6.42 Å². The average molecular weight is 282 g/mol. The molecule has 3 rings (SSSR count). The number of aryl methyl sites for hydroxylation is 1. The van der Waals surface area contributed by atoms with Crippen molar-refractivity contribution in [3.05, 3.63) is 12.0 Å². The van der Waals surface area contributed by atoms with Gasteiger partial charge in [0.2, 0.25) is 10.0 Å². The fourth-order valence-electron chi connectivity index (χ4n) is 2.19. The molecule has 8 nitrogen and oxygen atoms in total. The van der Waals surface area contributed by atoms with Gasteiger partial charge in [-0.1, -0.05) is 0 Å². The SMILES string of the molecule is Cn1ncc2c(N)nc(CN3CCCS3(=O)=O)nc21. The lowest BCUT2D eigenvalue weighted by Gasteiger charge is -2.13. The zero-order valence-corrected chi connectivity index (χ0v) is 11.3. The number of sulfonamides is 1. The summed E-state index contributed by atoms with van der Waals surface area (Å²) in [5.74, 6) is 0.917. The van der Waals surface area contributed by atoms with Gasteiger partial charge >= 0.3 is 0 Å². The van der Waals surface area contributed by atoms with Crippen LogP contribution in [-0.4, -0.2) is 44.8 Å². The monoisotopic (exact) mass is 282 g/mol. The Morgan fingerprint density at radius 2 is 2.21 bits per heavy atom. The molecule has 0 bridgehead atoms. The summed E-state index contributed by atoms with van der Waals surface area (Å²) in [4.78, 5) is 8.48. The van der Waals surface area contributed by atoms with Crippen molar-refractivity contribution in [1.82, 2.24) is 24.1 Å². The molecular weight excluding hydrogens is 268 g/mol. The molecule has 2 N–H and O–H groups in total. The van der Waals surface area contributed by atoms with E-state index in [1.807, 2.05) is 0 Å². The molecule has 1 saturated heterocycles. The normalized spacial score (nSPS) is 19.2. The zero-order valence-electron chi connectivity index (χ0n) is 10.4. The predicted octanol–water partition coefficient (Wildman–Crippen LogP) is -0.519. The molecular formula is C10H14N6O2S. The number of hydrogen-bond donors (Lipinski definition) is 1. The van der Waals surface area contributed by atoms with Crippen molar-refractivity contribution in [2.75, 3.05) is 18.0 Å². The van der Waals surface area contributed by atoms with Gasteiger partial charge in [-0.15, -0.1) is 0 Å². The smallest absolute Gasteiger partial charge is 0.214 e. The third kappa shape index (κ3) is 2.04. The minimum absolute atomic E-state index is 0.160. The number of aromatic nitrogens is 4. The average Bonchev–Trinajstić information content (AvgIpc) is 2.85. The van der Waals surface area contributed by atoms with Crippen LogP contribution in [0.1, 0.15) is 12.2 Å². The third-order valence-electron chi connectivity index (χ3n) is 3.19. The van der Waals surface area contributed by atoms with Crippen molar-refractivity contribution in [1.29, 1.82) is 0 Å². The second kappa shape index (κ2) is 4.14. The number of nitrogens with two attached hydrogens (primary N) is 1. The standard InChI is InChI=1S/C10H14N6O2S/c1-15-10-7(5-12-15)9(11)13-8(14-10)6-16-3-2-4-19(16,17)18/h5H,2-4,6H2,1H3,(H2,11,13,14). The molecule has 2 aromatic rings. The highest BCUT2D eigenvalue weighted by Gasteiger charge is 2.29. The highest BCUT2D eigenvalue weighted by molar-refractivity contribution is 7.89. The first kappa shape index (κ1) is 12.3. The lowest BCUT2D eigenvalue weighted by atomic mass is 10.4. The Kier molecular flexibility index (Phi) is 2.68. The van der Waals surface area contributed by atoms with E-state index in [9.17, 15) is 8.42 Å². The summed E-state index contributed by atoms with van der Waals surface area (Å²) < 4.78 is 26.5. The van der Waals surface area contributed by atoms with Crippen LogP contribution in [0.5, 0.6) is 0 Å². The number of anilines is 1. The summed E-state index contributed by atoms with van der Waals surface area (Å²) in [5.41, 5.74) is 6.45. The van der Waals surface area contributed by atoms with E-state index in [1.54, 1.807) is 17.9 Å². The Morgan fingerprint density at radius 1 is 1.42 bits per heavy atom. The molecule has 1 aliphatic rings. The fraction of sp³-hybridized carbons (Fsp3) is 0.500. The maximum Gasteiger partial charge on any atom is 0.214 e. The fourth-order valence-corrected chi connectivity index (χ4v) is 3.66. The minimum Gasteiger partial charge on any atom is -0.383 e. The molecule has 0 atom stereocenters. The summed E-state index contributed by atoms with van der Waals surface area (Å²) in [6, 6.07) is 0. The van der Waals surface area contributed by atoms with E-state index in [4.69, 9.17) is 5.73 Å². The molecule has 0 aliphatic carbocycles. The lowest BCUT2D eigenvalue weighted by Crippen LogP contribution is -2.26. The molecule has 9 heteroatoms. The summed E-state index contributed by atoms with van der Waals surface area (Å²) in [5, 5.41) is 4.74. The van der Waals surface area contributed by atoms with Crippen LogP contribution in [0.2, 0.25) is 0 Å². The zero-order chi connectivity index (χ0) is 13.6. The largest absolute Gasteiger partial charge is 0.383 e. The van der Waals surface area contributed by atoms with E-state index in [1.165, 1.54) is 4.31 Å². The molecule has 0 saturated carbocycles. The maximum absolute atomic E-state index is 11.8. The van der Waals surface area contributed by atoms with E-state index >= 15 is 0 Å². The predicted molar refractivity (Wildman–Crippen MR) is 69.5 cm³/mol. The molecule has 1 fully saturated rings. The van der Waals surface area contributed by atoms with Crippen molar-refractivity contribution in [2.24, 2.45) is 7.05 Å². The second-order valence-electron chi connectivity index (χ2n) is 4.53. The van der Waals surface area contributed by atoms with Crippen LogP contribution in [0, 0.1) is 0 Å². The van der Waals surface area contributed by atoms with Crippen LogP contribution in [0.15, 0.2) is 6.20 Å². The van der Waals surface area contributed by atoms with Gasteiger partial charge < -0.3 is 5.73 Å².